The highest BCUT2D eigenvalue weighted by Gasteiger charge is 2.30. The van der Waals surface area contributed by atoms with Gasteiger partial charge in [-0.3, -0.25) is 0 Å². The molecular formula is C32H23Cl2F3N2O2. The first kappa shape index (κ1) is 28.5. The molecule has 1 N–H and O–H groups in total. The predicted octanol–water partition coefficient (Wildman–Crippen LogP) is 9.07. The molecule has 1 aromatic heterocycles. The summed E-state index contributed by atoms with van der Waals surface area (Å²) in [6.45, 7) is 0.486. The van der Waals surface area contributed by atoms with Crippen LogP contribution in [-0.2, 0) is 25.6 Å². The highest BCUT2D eigenvalue weighted by atomic mass is 35.5. The Kier molecular flexibility index (Phi) is 8.20. The lowest BCUT2D eigenvalue weighted by Crippen LogP contribution is -2.06. The van der Waals surface area contributed by atoms with Crippen LogP contribution >= 0.6 is 23.2 Å². The number of aromatic carboxylic acids is 1. The van der Waals surface area contributed by atoms with Crippen molar-refractivity contribution in [2.75, 3.05) is 0 Å². The Balaban J connectivity index is 1.36. The molecule has 0 saturated carbocycles. The summed E-state index contributed by atoms with van der Waals surface area (Å²) in [7, 11) is 0. The molecule has 0 amide bonds. The van der Waals surface area contributed by atoms with Gasteiger partial charge in [0.25, 0.3) is 0 Å². The number of aryl methyl sites for hydroxylation is 2. The van der Waals surface area contributed by atoms with Gasteiger partial charge in [0.15, 0.2) is 0 Å². The van der Waals surface area contributed by atoms with Crippen molar-refractivity contribution in [3.8, 4) is 22.4 Å². The van der Waals surface area contributed by atoms with Gasteiger partial charge < -0.3 is 9.67 Å². The first-order valence-corrected chi connectivity index (χ1v) is 13.4. The molecule has 5 aromatic rings. The molecule has 5 rings (SSSR count). The number of nitrogens with zero attached hydrogens (tertiary/aromatic N) is 2. The Bertz CT molecular complexity index is 1680. The van der Waals surface area contributed by atoms with Crippen LogP contribution in [0.3, 0.4) is 0 Å². The third-order valence-corrected chi connectivity index (χ3v) is 7.30. The largest absolute Gasteiger partial charge is 0.478 e. The number of hydrogen-bond donors (Lipinski definition) is 1. The van der Waals surface area contributed by atoms with E-state index in [1.807, 2.05) is 41.1 Å². The molecule has 0 fully saturated rings. The summed E-state index contributed by atoms with van der Waals surface area (Å²) in [5.41, 5.74) is 4.49. The molecule has 41 heavy (non-hydrogen) atoms. The summed E-state index contributed by atoms with van der Waals surface area (Å²) in [6, 6.07) is 24.8. The van der Waals surface area contributed by atoms with Crippen molar-refractivity contribution >= 4 is 29.2 Å². The zero-order valence-corrected chi connectivity index (χ0v) is 23.0. The second-order valence-electron chi connectivity index (χ2n) is 9.57. The highest BCUT2D eigenvalue weighted by Crippen LogP contribution is 2.32. The van der Waals surface area contributed by atoms with Crippen LogP contribution in [0.2, 0.25) is 10.0 Å². The third-order valence-electron chi connectivity index (χ3n) is 6.76. The van der Waals surface area contributed by atoms with Crippen LogP contribution < -0.4 is 0 Å². The number of hydrogen-bond acceptors (Lipinski definition) is 2. The monoisotopic (exact) mass is 594 g/mol. The number of imidazole rings is 1. The highest BCUT2D eigenvalue weighted by molar-refractivity contribution is 6.36. The van der Waals surface area contributed by atoms with Gasteiger partial charge in [0.1, 0.15) is 5.82 Å². The van der Waals surface area contributed by atoms with Gasteiger partial charge in [-0.25, -0.2) is 9.78 Å². The molecule has 0 aliphatic rings. The van der Waals surface area contributed by atoms with Crippen LogP contribution in [-0.4, -0.2) is 20.6 Å². The lowest BCUT2D eigenvalue weighted by atomic mass is 10.0. The van der Waals surface area contributed by atoms with Crippen LogP contribution in [0.5, 0.6) is 0 Å². The number of aromatic nitrogens is 2. The van der Waals surface area contributed by atoms with Gasteiger partial charge in [0, 0.05) is 29.7 Å². The first-order valence-electron chi connectivity index (χ1n) is 12.7. The van der Waals surface area contributed by atoms with Crippen LogP contribution in [0, 0.1) is 0 Å². The number of carboxylic acids is 1. The van der Waals surface area contributed by atoms with Crippen LogP contribution in [0.15, 0.2) is 97.2 Å². The molecule has 0 aliphatic carbocycles. The summed E-state index contributed by atoms with van der Waals surface area (Å²) in [5.74, 6) is -0.163. The van der Waals surface area contributed by atoms with E-state index in [1.165, 1.54) is 12.1 Å². The van der Waals surface area contributed by atoms with E-state index in [4.69, 9.17) is 28.2 Å². The Labute approximate surface area is 244 Å². The minimum absolute atomic E-state index is 0.216. The molecule has 0 unspecified atom stereocenters. The van der Waals surface area contributed by atoms with Gasteiger partial charge in [0.2, 0.25) is 0 Å². The number of rotatable bonds is 8. The minimum Gasteiger partial charge on any atom is -0.478 e. The normalized spacial score (nSPS) is 11.5. The lowest BCUT2D eigenvalue weighted by Gasteiger charge is -2.10. The van der Waals surface area contributed by atoms with Crippen molar-refractivity contribution in [2.45, 2.75) is 25.6 Å². The fourth-order valence-electron chi connectivity index (χ4n) is 4.54. The van der Waals surface area contributed by atoms with E-state index in [2.05, 4.69) is 0 Å². The summed E-state index contributed by atoms with van der Waals surface area (Å²) in [6.07, 6.45) is -1.16. The fraction of sp³-hybridized carbons (Fsp3) is 0.125. The van der Waals surface area contributed by atoms with Gasteiger partial charge in [-0.15, -0.1) is 0 Å². The van der Waals surface area contributed by atoms with E-state index in [0.29, 0.717) is 40.7 Å². The standard InChI is InChI=1S/C32H23Cl2F3N2O2/c33-26-14-15-27(28(34)17-26)29-19-39(18-21-3-8-24(9-4-21)31(40)41)30(38-29)16-5-20-1-6-22(7-2-20)23-10-12-25(13-11-23)32(35,36)37/h1-4,6-15,17,19H,5,16,18H2,(H,40,41). The lowest BCUT2D eigenvalue weighted by molar-refractivity contribution is -0.137. The maximum absolute atomic E-state index is 12.9. The van der Waals surface area contributed by atoms with Crippen LogP contribution in [0.4, 0.5) is 13.2 Å². The van der Waals surface area contributed by atoms with Crippen molar-refractivity contribution in [2.24, 2.45) is 0 Å². The van der Waals surface area contributed by atoms with E-state index >= 15 is 0 Å². The molecular weight excluding hydrogens is 572 g/mol. The summed E-state index contributed by atoms with van der Waals surface area (Å²) < 4.78 is 40.7. The molecule has 4 aromatic carbocycles. The molecule has 9 heteroatoms. The molecule has 1 heterocycles. The fourth-order valence-corrected chi connectivity index (χ4v) is 5.04. The van der Waals surface area contributed by atoms with E-state index < -0.39 is 17.7 Å². The maximum atomic E-state index is 12.9. The second-order valence-corrected chi connectivity index (χ2v) is 10.4. The average Bonchev–Trinajstić information content (AvgIpc) is 3.34. The van der Waals surface area contributed by atoms with Crippen molar-refractivity contribution in [3.63, 3.8) is 0 Å². The predicted molar refractivity (Wildman–Crippen MR) is 154 cm³/mol. The van der Waals surface area contributed by atoms with Gasteiger partial charge in [-0.1, -0.05) is 71.7 Å². The Hall–Kier alpha value is -4.07. The Morgan fingerprint density at radius 2 is 1.41 bits per heavy atom. The molecule has 0 saturated heterocycles. The Morgan fingerprint density at radius 1 is 0.805 bits per heavy atom. The summed E-state index contributed by atoms with van der Waals surface area (Å²) in [5, 5.41) is 10.2. The third kappa shape index (κ3) is 6.81. The van der Waals surface area contributed by atoms with E-state index in [-0.39, 0.29) is 5.56 Å². The van der Waals surface area contributed by atoms with E-state index in [0.717, 1.165) is 40.2 Å². The van der Waals surface area contributed by atoms with Gasteiger partial charge in [-0.2, -0.15) is 13.2 Å². The number of benzene rings is 4. The number of carboxylic acid groups (broad SMARTS) is 1. The molecule has 208 valence electrons. The van der Waals surface area contributed by atoms with Crippen LogP contribution in [0.25, 0.3) is 22.4 Å². The number of halogens is 5. The van der Waals surface area contributed by atoms with Crippen molar-refractivity contribution in [1.82, 2.24) is 9.55 Å². The molecule has 0 spiro atoms. The second kappa shape index (κ2) is 11.8. The molecule has 0 aliphatic heterocycles. The number of carbonyl (C=O) groups is 1. The van der Waals surface area contributed by atoms with E-state index in [1.54, 1.807) is 36.4 Å². The van der Waals surface area contributed by atoms with Crippen molar-refractivity contribution < 1.29 is 23.1 Å². The van der Waals surface area contributed by atoms with Gasteiger partial charge >= 0.3 is 12.1 Å². The minimum atomic E-state index is -4.37. The number of alkyl halides is 3. The molecule has 0 bridgehead atoms. The zero-order chi connectivity index (χ0) is 29.1. The smallest absolute Gasteiger partial charge is 0.416 e. The maximum Gasteiger partial charge on any atom is 0.416 e. The summed E-state index contributed by atoms with van der Waals surface area (Å²) >= 11 is 12.5. The van der Waals surface area contributed by atoms with Crippen molar-refractivity contribution in [1.29, 1.82) is 0 Å². The average molecular weight is 595 g/mol. The topological polar surface area (TPSA) is 55.1 Å². The van der Waals surface area contributed by atoms with Crippen LogP contribution in [0.1, 0.15) is 32.9 Å². The Morgan fingerprint density at radius 3 is 2.00 bits per heavy atom. The van der Waals surface area contributed by atoms with E-state index in [9.17, 15) is 23.1 Å². The first-order chi connectivity index (χ1) is 19.6. The molecule has 4 nitrogen and oxygen atoms in total. The molecule has 0 atom stereocenters. The zero-order valence-electron chi connectivity index (χ0n) is 21.5. The van der Waals surface area contributed by atoms with Crippen molar-refractivity contribution in [3.05, 3.63) is 135 Å². The SMILES string of the molecule is O=C(O)c1ccc(Cn2cc(-c3ccc(Cl)cc3Cl)nc2CCc2ccc(-c3ccc(C(F)(F)F)cc3)cc2)cc1. The summed E-state index contributed by atoms with van der Waals surface area (Å²) in [4.78, 5) is 16.1. The quantitative estimate of drug-likeness (QED) is 0.195. The molecule has 0 radical (unpaired) electrons. The van der Waals surface area contributed by atoms with Gasteiger partial charge in [-0.05, 0) is 71.1 Å². The van der Waals surface area contributed by atoms with Gasteiger partial charge in [0.05, 0.1) is 21.8 Å².